The van der Waals surface area contributed by atoms with E-state index in [1.165, 1.54) is 17.4 Å². The summed E-state index contributed by atoms with van der Waals surface area (Å²) >= 11 is 1.26. The lowest BCUT2D eigenvalue weighted by molar-refractivity contribution is -0.131. The van der Waals surface area contributed by atoms with Gasteiger partial charge in [0.2, 0.25) is 0 Å². The van der Waals surface area contributed by atoms with Gasteiger partial charge in [-0.25, -0.2) is 4.79 Å². The maximum atomic E-state index is 11.9. The fourth-order valence-electron chi connectivity index (χ4n) is 1.35. The van der Waals surface area contributed by atoms with Crippen molar-refractivity contribution in [3.63, 3.8) is 0 Å². The lowest BCUT2D eigenvalue weighted by Crippen LogP contribution is -2.25. The van der Waals surface area contributed by atoms with E-state index in [0.717, 1.165) is 6.08 Å². The number of aliphatic carboxylic acids is 1. The molecule has 7 heteroatoms. The van der Waals surface area contributed by atoms with Gasteiger partial charge in [0.1, 0.15) is 0 Å². The molecule has 1 amide bonds. The molecule has 1 rings (SSSR count). The van der Waals surface area contributed by atoms with Gasteiger partial charge in [0.15, 0.2) is 0 Å². The largest absolute Gasteiger partial charge is 0.478 e. The number of nitrogens with one attached hydrogen (secondary N) is 1. The second-order valence-corrected chi connectivity index (χ2v) is 6.23. The second kappa shape index (κ2) is 7.85. The van der Waals surface area contributed by atoms with Crippen molar-refractivity contribution in [3.8, 4) is 0 Å². The van der Waals surface area contributed by atoms with Crippen LogP contribution < -0.4 is 5.32 Å². The first-order valence-electron chi connectivity index (χ1n) is 5.57. The summed E-state index contributed by atoms with van der Waals surface area (Å²) in [6.07, 6.45) is 4.67. The van der Waals surface area contributed by atoms with Crippen LogP contribution in [0.5, 0.6) is 0 Å². The number of carboxylic acid groups (broad SMARTS) is 1. The van der Waals surface area contributed by atoms with Crippen LogP contribution >= 0.6 is 11.3 Å². The summed E-state index contributed by atoms with van der Waals surface area (Å²) in [5.74, 6) is -0.735. The normalized spacial score (nSPS) is 12.5. The molecule has 0 aromatic carbocycles. The molecule has 0 aliphatic heterocycles. The van der Waals surface area contributed by atoms with Gasteiger partial charge in [0, 0.05) is 35.4 Å². The SMILES string of the molecule is CS(=O)CCCNC(=O)c1sccc1/C=C/C(=O)O. The molecule has 1 heterocycles. The molecule has 1 atom stereocenters. The molecular formula is C12H15NO4S2. The molecule has 1 unspecified atom stereocenters. The van der Waals surface area contributed by atoms with Crippen LogP contribution in [-0.2, 0) is 15.6 Å². The van der Waals surface area contributed by atoms with E-state index in [-0.39, 0.29) is 5.91 Å². The first-order chi connectivity index (χ1) is 9.00. The van der Waals surface area contributed by atoms with E-state index >= 15 is 0 Å². The zero-order valence-corrected chi connectivity index (χ0v) is 12.1. The van der Waals surface area contributed by atoms with E-state index in [1.54, 1.807) is 17.7 Å². The van der Waals surface area contributed by atoms with Crippen LogP contribution in [0.2, 0.25) is 0 Å². The standard InChI is InChI=1S/C12H15NO4S2/c1-19(17)8-2-6-13-12(16)11-9(5-7-18-11)3-4-10(14)15/h3-5,7H,2,6,8H2,1H3,(H,13,16)(H,14,15)/b4-3+. The highest BCUT2D eigenvalue weighted by Crippen LogP contribution is 2.18. The van der Waals surface area contributed by atoms with Crippen molar-refractivity contribution in [3.05, 3.63) is 28.0 Å². The fraction of sp³-hybridized carbons (Fsp3) is 0.333. The minimum atomic E-state index is -1.05. The van der Waals surface area contributed by atoms with E-state index in [0.29, 0.717) is 29.2 Å². The van der Waals surface area contributed by atoms with Crippen molar-refractivity contribution in [1.82, 2.24) is 5.32 Å². The van der Waals surface area contributed by atoms with Gasteiger partial charge < -0.3 is 10.4 Å². The molecule has 0 fully saturated rings. The number of carbonyl (C=O) groups is 2. The van der Waals surface area contributed by atoms with Crippen LogP contribution in [0.25, 0.3) is 6.08 Å². The first-order valence-corrected chi connectivity index (χ1v) is 8.18. The molecule has 0 saturated carbocycles. The summed E-state index contributed by atoms with van der Waals surface area (Å²) in [5.41, 5.74) is 0.587. The van der Waals surface area contributed by atoms with Gasteiger partial charge in [-0.1, -0.05) is 0 Å². The van der Waals surface area contributed by atoms with Crippen LogP contribution in [0.4, 0.5) is 0 Å². The van der Waals surface area contributed by atoms with Crippen molar-refractivity contribution >= 4 is 40.1 Å². The van der Waals surface area contributed by atoms with E-state index in [9.17, 15) is 13.8 Å². The van der Waals surface area contributed by atoms with Gasteiger partial charge >= 0.3 is 5.97 Å². The lowest BCUT2D eigenvalue weighted by atomic mass is 10.2. The third kappa shape index (κ3) is 5.80. The van der Waals surface area contributed by atoms with Gasteiger partial charge in [-0.15, -0.1) is 11.3 Å². The summed E-state index contributed by atoms with van der Waals surface area (Å²) in [5, 5.41) is 13.0. The van der Waals surface area contributed by atoms with Gasteiger partial charge in [0.05, 0.1) is 4.88 Å². The molecule has 0 saturated heterocycles. The fourth-order valence-corrected chi connectivity index (χ4v) is 2.71. The highest BCUT2D eigenvalue weighted by atomic mass is 32.2. The predicted octanol–water partition coefficient (Wildman–Crippen LogP) is 1.34. The lowest BCUT2D eigenvalue weighted by Gasteiger charge is -2.03. The second-order valence-electron chi connectivity index (χ2n) is 3.76. The van der Waals surface area contributed by atoms with Crippen LogP contribution in [0.15, 0.2) is 17.5 Å². The minimum Gasteiger partial charge on any atom is -0.478 e. The summed E-state index contributed by atoms with van der Waals surface area (Å²) in [7, 11) is -0.855. The van der Waals surface area contributed by atoms with Crippen LogP contribution in [0.1, 0.15) is 21.7 Å². The molecule has 1 aromatic rings. The molecule has 0 spiro atoms. The van der Waals surface area contributed by atoms with E-state index in [4.69, 9.17) is 5.11 Å². The third-order valence-electron chi connectivity index (χ3n) is 2.20. The Hall–Kier alpha value is -1.47. The maximum absolute atomic E-state index is 11.9. The van der Waals surface area contributed by atoms with Crippen molar-refractivity contribution in [2.24, 2.45) is 0 Å². The number of amides is 1. The van der Waals surface area contributed by atoms with E-state index in [1.807, 2.05) is 0 Å². The van der Waals surface area contributed by atoms with Gasteiger partial charge in [0.25, 0.3) is 5.91 Å². The smallest absolute Gasteiger partial charge is 0.328 e. The van der Waals surface area contributed by atoms with E-state index in [2.05, 4.69) is 5.32 Å². The minimum absolute atomic E-state index is 0.234. The van der Waals surface area contributed by atoms with Gasteiger partial charge in [-0.05, 0) is 29.5 Å². The molecule has 0 aliphatic rings. The summed E-state index contributed by atoms with van der Waals surface area (Å²) in [6.45, 7) is 0.457. The van der Waals surface area contributed by atoms with Gasteiger partial charge in [-0.2, -0.15) is 0 Å². The molecule has 1 aromatic heterocycles. The molecular weight excluding hydrogens is 286 g/mol. The Labute approximate surface area is 117 Å². The Bertz CT molecular complexity index is 508. The third-order valence-corrected chi connectivity index (χ3v) is 3.99. The summed E-state index contributed by atoms with van der Waals surface area (Å²) in [4.78, 5) is 22.8. The Morgan fingerprint density at radius 3 is 2.89 bits per heavy atom. The Morgan fingerprint density at radius 2 is 2.26 bits per heavy atom. The Balaban J connectivity index is 2.55. The Morgan fingerprint density at radius 1 is 1.53 bits per heavy atom. The monoisotopic (exact) mass is 301 g/mol. The molecule has 5 nitrogen and oxygen atoms in total. The molecule has 2 N–H and O–H groups in total. The van der Waals surface area contributed by atoms with E-state index < -0.39 is 16.8 Å². The molecule has 19 heavy (non-hydrogen) atoms. The van der Waals surface area contributed by atoms with Crippen molar-refractivity contribution in [2.75, 3.05) is 18.6 Å². The van der Waals surface area contributed by atoms with Crippen molar-refractivity contribution in [2.45, 2.75) is 6.42 Å². The molecule has 0 radical (unpaired) electrons. The van der Waals surface area contributed by atoms with Crippen LogP contribution in [0, 0.1) is 0 Å². The molecule has 0 aliphatic carbocycles. The van der Waals surface area contributed by atoms with Crippen LogP contribution in [0.3, 0.4) is 0 Å². The number of thiophene rings is 1. The molecule has 0 bridgehead atoms. The zero-order valence-electron chi connectivity index (χ0n) is 10.4. The number of carbonyl (C=O) groups excluding carboxylic acids is 1. The maximum Gasteiger partial charge on any atom is 0.328 e. The number of rotatable bonds is 7. The number of carboxylic acids is 1. The number of hydrogen-bond acceptors (Lipinski definition) is 4. The summed E-state index contributed by atoms with van der Waals surface area (Å²) in [6, 6.07) is 1.69. The van der Waals surface area contributed by atoms with Crippen molar-refractivity contribution < 1.29 is 18.9 Å². The quantitative estimate of drug-likeness (QED) is 0.588. The van der Waals surface area contributed by atoms with Crippen LogP contribution in [-0.4, -0.2) is 39.7 Å². The summed E-state index contributed by atoms with van der Waals surface area (Å²) < 4.78 is 10.9. The van der Waals surface area contributed by atoms with Crippen molar-refractivity contribution in [1.29, 1.82) is 0 Å². The number of hydrogen-bond donors (Lipinski definition) is 2. The predicted molar refractivity (Wildman–Crippen MR) is 76.9 cm³/mol. The topological polar surface area (TPSA) is 83.5 Å². The average Bonchev–Trinajstić information content (AvgIpc) is 2.79. The average molecular weight is 301 g/mol. The zero-order chi connectivity index (χ0) is 14.3. The Kier molecular flexibility index (Phi) is 6.44. The highest BCUT2D eigenvalue weighted by Gasteiger charge is 2.11. The molecule has 104 valence electrons. The highest BCUT2D eigenvalue weighted by molar-refractivity contribution is 7.84. The first kappa shape index (κ1) is 15.6. The van der Waals surface area contributed by atoms with Gasteiger partial charge in [-0.3, -0.25) is 9.00 Å².